The van der Waals surface area contributed by atoms with Crippen molar-refractivity contribution in [1.82, 2.24) is 4.57 Å². The van der Waals surface area contributed by atoms with Gasteiger partial charge in [-0.3, -0.25) is 14.9 Å². The molecule has 2 aromatic carbocycles. The van der Waals surface area contributed by atoms with Gasteiger partial charge >= 0.3 is 5.69 Å². The van der Waals surface area contributed by atoms with Gasteiger partial charge in [-0.1, -0.05) is 15.9 Å². The number of nitrogens with zero attached hydrogens (tertiary/aromatic N) is 2. The van der Waals surface area contributed by atoms with Crippen LogP contribution in [0.3, 0.4) is 0 Å². The van der Waals surface area contributed by atoms with Crippen molar-refractivity contribution in [2.75, 3.05) is 0 Å². The van der Waals surface area contributed by atoms with Crippen LogP contribution in [0.2, 0.25) is 0 Å². The van der Waals surface area contributed by atoms with Crippen molar-refractivity contribution in [3.8, 4) is 5.69 Å². The molecule has 0 fully saturated rings. The Morgan fingerprint density at radius 3 is 2.45 bits per heavy atom. The number of benzene rings is 2. The topological polar surface area (TPSA) is 65.1 Å². The molecule has 0 N–H and O–H groups in total. The van der Waals surface area contributed by atoms with Crippen LogP contribution >= 0.6 is 15.9 Å². The van der Waals surface area contributed by atoms with E-state index in [9.17, 15) is 19.3 Å². The molecule has 1 heterocycles. The molecule has 7 heteroatoms. The highest BCUT2D eigenvalue weighted by atomic mass is 79.9. The number of fused-ring (bicyclic) bond motifs is 1. The van der Waals surface area contributed by atoms with Crippen LogP contribution < -0.4 is 5.43 Å². The number of rotatable bonds is 2. The van der Waals surface area contributed by atoms with Gasteiger partial charge in [0, 0.05) is 10.2 Å². The van der Waals surface area contributed by atoms with Crippen LogP contribution in [0.5, 0.6) is 0 Å². The Kier molecular flexibility index (Phi) is 3.50. The number of hydrogen-bond acceptors (Lipinski definition) is 3. The third-order valence-corrected chi connectivity index (χ3v) is 3.74. The lowest BCUT2D eigenvalue weighted by atomic mass is 10.1. The van der Waals surface area contributed by atoms with Crippen LogP contribution in [0.15, 0.2) is 57.9 Å². The second-order valence-electron chi connectivity index (χ2n) is 4.61. The quantitative estimate of drug-likeness (QED) is 0.514. The van der Waals surface area contributed by atoms with Gasteiger partial charge in [0.15, 0.2) is 0 Å². The molecule has 0 aliphatic carbocycles. The molecule has 22 heavy (non-hydrogen) atoms. The van der Waals surface area contributed by atoms with Crippen molar-refractivity contribution >= 4 is 32.5 Å². The third-order valence-electron chi connectivity index (χ3n) is 3.25. The van der Waals surface area contributed by atoms with Crippen LogP contribution in [0, 0.1) is 15.9 Å². The SMILES string of the molecule is O=c1c([N+](=O)[O-])cn(-c2ccc(F)cc2)c2cc(Br)ccc12. The van der Waals surface area contributed by atoms with Crippen LogP contribution in [0.1, 0.15) is 0 Å². The molecule has 110 valence electrons. The molecule has 0 aliphatic rings. The van der Waals surface area contributed by atoms with Crippen molar-refractivity contribution < 1.29 is 9.31 Å². The first kappa shape index (κ1) is 14.4. The zero-order valence-corrected chi connectivity index (χ0v) is 12.6. The minimum atomic E-state index is -0.718. The summed E-state index contributed by atoms with van der Waals surface area (Å²) >= 11 is 3.31. The number of pyridine rings is 1. The lowest BCUT2D eigenvalue weighted by Crippen LogP contribution is -2.13. The fourth-order valence-electron chi connectivity index (χ4n) is 2.23. The largest absolute Gasteiger partial charge is 0.333 e. The third kappa shape index (κ3) is 2.39. The highest BCUT2D eigenvalue weighted by Crippen LogP contribution is 2.23. The van der Waals surface area contributed by atoms with Crippen molar-refractivity contribution in [3.63, 3.8) is 0 Å². The molecular weight excluding hydrogens is 355 g/mol. The predicted molar refractivity (Wildman–Crippen MR) is 83.9 cm³/mol. The first-order valence-corrected chi connectivity index (χ1v) is 7.02. The Bertz CT molecular complexity index is 951. The zero-order chi connectivity index (χ0) is 15.9. The van der Waals surface area contributed by atoms with Crippen molar-refractivity contribution in [2.24, 2.45) is 0 Å². The van der Waals surface area contributed by atoms with E-state index in [-0.39, 0.29) is 5.39 Å². The standard InChI is InChI=1S/C15H8BrFN2O3/c16-9-1-6-12-13(7-9)18(8-14(15(12)20)19(21)22)11-4-2-10(17)3-5-11/h1-8H. The Labute approximate surface area is 131 Å². The maximum atomic E-state index is 13.1. The smallest absolute Gasteiger partial charge is 0.310 e. The fourth-order valence-corrected chi connectivity index (χ4v) is 2.58. The van der Waals surface area contributed by atoms with Crippen molar-refractivity contribution in [2.45, 2.75) is 0 Å². The lowest BCUT2D eigenvalue weighted by molar-refractivity contribution is -0.386. The summed E-state index contributed by atoms with van der Waals surface area (Å²) < 4.78 is 15.3. The second-order valence-corrected chi connectivity index (χ2v) is 5.52. The van der Waals surface area contributed by atoms with E-state index in [1.54, 1.807) is 12.1 Å². The average molecular weight is 363 g/mol. The van der Waals surface area contributed by atoms with Gasteiger partial charge in [-0.15, -0.1) is 0 Å². The summed E-state index contributed by atoms with van der Waals surface area (Å²) in [6.07, 6.45) is 1.16. The Hall–Kier alpha value is -2.54. The molecule has 0 radical (unpaired) electrons. The molecule has 3 aromatic rings. The van der Waals surface area contributed by atoms with E-state index in [1.165, 1.54) is 34.9 Å². The molecule has 0 spiro atoms. The van der Waals surface area contributed by atoms with E-state index >= 15 is 0 Å². The van der Waals surface area contributed by atoms with Gasteiger partial charge in [0.05, 0.1) is 22.0 Å². The normalized spacial score (nSPS) is 10.8. The molecular formula is C15H8BrFN2O3. The summed E-state index contributed by atoms with van der Waals surface area (Å²) in [4.78, 5) is 22.6. The van der Waals surface area contributed by atoms with Crippen LogP contribution in [0.4, 0.5) is 10.1 Å². The molecule has 0 saturated carbocycles. The summed E-state index contributed by atoms with van der Waals surface area (Å²) in [6, 6.07) is 10.3. The molecule has 3 rings (SSSR count). The minimum Gasteiger partial charge on any atom is -0.310 e. The summed E-state index contributed by atoms with van der Waals surface area (Å²) in [5.41, 5.74) is -0.158. The molecule has 5 nitrogen and oxygen atoms in total. The molecule has 1 aromatic heterocycles. The van der Waals surface area contributed by atoms with E-state index in [0.29, 0.717) is 11.2 Å². The lowest BCUT2D eigenvalue weighted by Gasteiger charge is -2.11. The summed E-state index contributed by atoms with van der Waals surface area (Å²) in [6.45, 7) is 0. The predicted octanol–water partition coefficient (Wildman–Crippen LogP) is 3.80. The van der Waals surface area contributed by atoms with Gasteiger partial charge in [0.25, 0.3) is 5.43 Å². The van der Waals surface area contributed by atoms with E-state index < -0.39 is 21.9 Å². The second kappa shape index (κ2) is 5.34. The van der Waals surface area contributed by atoms with E-state index in [2.05, 4.69) is 15.9 Å². The van der Waals surface area contributed by atoms with Gasteiger partial charge in [-0.05, 0) is 42.5 Å². The fraction of sp³-hybridized carbons (Fsp3) is 0. The van der Waals surface area contributed by atoms with Crippen LogP contribution in [-0.4, -0.2) is 9.49 Å². The first-order chi connectivity index (χ1) is 10.5. The van der Waals surface area contributed by atoms with Gasteiger partial charge in [0.1, 0.15) is 5.82 Å². The van der Waals surface area contributed by atoms with Crippen molar-refractivity contribution in [1.29, 1.82) is 0 Å². The average Bonchev–Trinajstić information content (AvgIpc) is 2.48. The Balaban J connectivity index is 2.43. The Morgan fingerprint density at radius 1 is 1.14 bits per heavy atom. The van der Waals surface area contributed by atoms with Crippen molar-refractivity contribution in [3.05, 3.63) is 79.3 Å². The van der Waals surface area contributed by atoms with Gasteiger partial charge < -0.3 is 4.57 Å². The molecule has 0 saturated heterocycles. The highest BCUT2D eigenvalue weighted by Gasteiger charge is 2.18. The number of halogens is 2. The van der Waals surface area contributed by atoms with Crippen LogP contribution in [0.25, 0.3) is 16.6 Å². The van der Waals surface area contributed by atoms with Gasteiger partial charge in [-0.2, -0.15) is 0 Å². The van der Waals surface area contributed by atoms with Crippen LogP contribution in [-0.2, 0) is 0 Å². The molecule has 0 aliphatic heterocycles. The van der Waals surface area contributed by atoms with Gasteiger partial charge in [0.2, 0.25) is 0 Å². The van der Waals surface area contributed by atoms with E-state index in [0.717, 1.165) is 10.7 Å². The molecule has 0 atom stereocenters. The molecule has 0 bridgehead atoms. The minimum absolute atomic E-state index is 0.224. The summed E-state index contributed by atoms with van der Waals surface area (Å²) in [5.74, 6) is -0.412. The molecule has 0 amide bonds. The number of hydrogen-bond donors (Lipinski definition) is 0. The maximum Gasteiger partial charge on any atom is 0.333 e. The Morgan fingerprint density at radius 2 is 1.82 bits per heavy atom. The molecule has 0 unspecified atom stereocenters. The number of aromatic nitrogens is 1. The summed E-state index contributed by atoms with van der Waals surface area (Å²) in [7, 11) is 0. The van der Waals surface area contributed by atoms with E-state index in [4.69, 9.17) is 0 Å². The summed E-state index contributed by atoms with van der Waals surface area (Å²) in [5, 5.41) is 11.3. The zero-order valence-electron chi connectivity index (χ0n) is 11.0. The monoisotopic (exact) mass is 362 g/mol. The number of nitro groups is 1. The first-order valence-electron chi connectivity index (χ1n) is 6.22. The van der Waals surface area contributed by atoms with E-state index in [1.807, 2.05) is 0 Å². The van der Waals surface area contributed by atoms with Gasteiger partial charge in [-0.25, -0.2) is 4.39 Å². The maximum absolute atomic E-state index is 13.1. The highest BCUT2D eigenvalue weighted by molar-refractivity contribution is 9.10.